The molecule has 2 amide bonds. The van der Waals surface area contributed by atoms with Gasteiger partial charge in [-0.15, -0.1) is 0 Å². The van der Waals surface area contributed by atoms with Gasteiger partial charge in [0.1, 0.15) is 18.2 Å². The van der Waals surface area contributed by atoms with Crippen molar-refractivity contribution in [3.8, 4) is 0 Å². The molecular weight excluding hydrogens is 401 g/mol. The molecule has 0 unspecified atom stereocenters. The molecule has 0 saturated carbocycles. The standard InChI is InChI=1S/C21H20BN3O4S/c1-13-18(26)24-17(19(27)23(13)2)12-21(22)15-10-6-7-11-16(15)25(20(21)24)30(28,29)14-8-4-3-5-9-14/h3-11,13,17,20H,12H2,1-2H3/t13-,17-,20-,21-/m0/s1. The molecule has 2 radical (unpaired) electrons. The molecule has 0 bridgehead atoms. The highest BCUT2D eigenvalue weighted by Gasteiger charge is 2.65. The Labute approximate surface area is 176 Å². The molecule has 3 heterocycles. The molecule has 2 aromatic carbocycles. The molecule has 2 saturated heterocycles. The van der Waals surface area contributed by atoms with Crippen molar-refractivity contribution in [2.45, 2.75) is 41.8 Å². The van der Waals surface area contributed by atoms with Crippen LogP contribution in [0.5, 0.6) is 0 Å². The number of carbonyl (C=O) groups is 2. The lowest BCUT2D eigenvalue weighted by Gasteiger charge is -2.43. The van der Waals surface area contributed by atoms with Crippen LogP contribution in [0.1, 0.15) is 18.9 Å². The van der Waals surface area contributed by atoms with E-state index in [0.29, 0.717) is 11.3 Å². The van der Waals surface area contributed by atoms with E-state index in [4.69, 9.17) is 7.85 Å². The van der Waals surface area contributed by atoms with Crippen molar-refractivity contribution < 1.29 is 18.0 Å². The molecule has 0 spiro atoms. The van der Waals surface area contributed by atoms with Crippen molar-refractivity contribution in [2.75, 3.05) is 11.4 Å². The van der Waals surface area contributed by atoms with E-state index < -0.39 is 33.6 Å². The van der Waals surface area contributed by atoms with Gasteiger partial charge in [-0.3, -0.25) is 9.59 Å². The molecular formula is C21H20BN3O4S. The van der Waals surface area contributed by atoms with Gasteiger partial charge in [0.25, 0.3) is 10.0 Å². The van der Waals surface area contributed by atoms with Gasteiger partial charge in [-0.2, -0.15) is 0 Å². The molecule has 9 heteroatoms. The number of sulfonamides is 1. The van der Waals surface area contributed by atoms with E-state index >= 15 is 0 Å². The first kappa shape index (κ1) is 19.2. The highest BCUT2D eigenvalue weighted by molar-refractivity contribution is 7.93. The van der Waals surface area contributed by atoms with Crippen molar-refractivity contribution in [3.05, 3.63) is 60.2 Å². The SMILES string of the molecule is [B][C@]12C[C@H]3C(=O)N(C)[C@@H](C)C(=O)N3[C@H]1N(S(=O)(=O)c1ccccc1)c1ccccc12. The van der Waals surface area contributed by atoms with Crippen LogP contribution in [-0.4, -0.2) is 63.2 Å². The van der Waals surface area contributed by atoms with Crippen molar-refractivity contribution in [1.29, 1.82) is 0 Å². The number of hydrogen-bond donors (Lipinski definition) is 0. The van der Waals surface area contributed by atoms with Crippen molar-refractivity contribution in [2.24, 2.45) is 0 Å². The second-order valence-corrected chi connectivity index (χ2v) is 9.95. The quantitative estimate of drug-likeness (QED) is 0.680. The molecule has 0 aliphatic carbocycles. The summed E-state index contributed by atoms with van der Waals surface area (Å²) in [4.78, 5) is 29.2. The number of benzene rings is 2. The molecule has 7 nitrogen and oxygen atoms in total. The highest BCUT2D eigenvalue weighted by atomic mass is 32.2. The fraction of sp³-hybridized carbons (Fsp3) is 0.333. The Balaban J connectivity index is 1.74. The monoisotopic (exact) mass is 421 g/mol. The smallest absolute Gasteiger partial charge is 0.266 e. The zero-order valence-corrected chi connectivity index (χ0v) is 17.4. The van der Waals surface area contributed by atoms with Crippen LogP contribution >= 0.6 is 0 Å². The van der Waals surface area contributed by atoms with Crippen molar-refractivity contribution in [3.63, 3.8) is 0 Å². The van der Waals surface area contributed by atoms with Crippen LogP contribution in [0.4, 0.5) is 5.69 Å². The van der Waals surface area contributed by atoms with Gasteiger partial charge in [-0.25, -0.2) is 12.7 Å². The molecule has 30 heavy (non-hydrogen) atoms. The van der Waals surface area contributed by atoms with Gasteiger partial charge >= 0.3 is 0 Å². The third-order valence-electron chi connectivity index (χ3n) is 6.58. The van der Waals surface area contributed by atoms with Crippen LogP contribution in [0.15, 0.2) is 59.5 Å². The lowest BCUT2D eigenvalue weighted by atomic mass is 9.62. The van der Waals surface area contributed by atoms with Gasteiger partial charge in [0.2, 0.25) is 11.8 Å². The minimum Gasteiger partial charge on any atom is -0.332 e. The predicted octanol–water partition coefficient (Wildman–Crippen LogP) is 1.05. The number of piperazine rings is 1. The highest BCUT2D eigenvalue weighted by Crippen LogP contribution is 2.55. The van der Waals surface area contributed by atoms with Crippen molar-refractivity contribution in [1.82, 2.24) is 9.80 Å². The van der Waals surface area contributed by atoms with E-state index in [1.165, 1.54) is 26.2 Å². The van der Waals surface area contributed by atoms with Gasteiger partial charge in [0, 0.05) is 12.4 Å². The number of carbonyl (C=O) groups excluding carboxylic acids is 2. The Hall–Kier alpha value is -2.81. The van der Waals surface area contributed by atoms with Crippen LogP contribution in [0.3, 0.4) is 0 Å². The zero-order valence-electron chi connectivity index (χ0n) is 16.6. The maximum absolute atomic E-state index is 13.7. The fourth-order valence-electron chi connectivity index (χ4n) is 4.96. The van der Waals surface area contributed by atoms with Gasteiger partial charge in [-0.1, -0.05) is 36.4 Å². The summed E-state index contributed by atoms with van der Waals surface area (Å²) in [6.45, 7) is 1.64. The number of hydrogen-bond acceptors (Lipinski definition) is 4. The first-order chi connectivity index (χ1) is 14.2. The third-order valence-corrected chi connectivity index (χ3v) is 8.36. The molecule has 3 aliphatic heterocycles. The van der Waals surface area contributed by atoms with Crippen LogP contribution < -0.4 is 4.31 Å². The molecule has 2 fully saturated rings. The molecule has 152 valence electrons. The first-order valence-electron chi connectivity index (χ1n) is 9.76. The number of para-hydroxylation sites is 1. The number of amides is 2. The van der Waals surface area contributed by atoms with Gasteiger partial charge in [-0.05, 0) is 37.1 Å². The molecule has 4 atom stereocenters. The Morgan fingerprint density at radius 2 is 1.63 bits per heavy atom. The molecule has 0 aromatic heterocycles. The normalized spacial score (nSPS) is 30.3. The number of fused-ring (bicyclic) bond motifs is 5. The Bertz CT molecular complexity index is 1170. The largest absolute Gasteiger partial charge is 0.332 e. The molecule has 3 aliphatic rings. The zero-order chi connectivity index (χ0) is 21.4. The summed E-state index contributed by atoms with van der Waals surface area (Å²) in [5.74, 6) is -0.531. The van der Waals surface area contributed by atoms with E-state index in [2.05, 4.69) is 0 Å². The number of anilines is 1. The number of likely N-dealkylation sites (N-methyl/N-ethyl adjacent to an activating group) is 1. The topological polar surface area (TPSA) is 78.0 Å². The Kier molecular flexibility index (Phi) is 3.90. The maximum Gasteiger partial charge on any atom is 0.266 e. The number of nitrogens with zero attached hydrogens (tertiary/aromatic N) is 3. The van der Waals surface area contributed by atoms with E-state index in [9.17, 15) is 18.0 Å². The molecule has 2 aromatic rings. The fourth-order valence-corrected chi connectivity index (χ4v) is 6.66. The first-order valence-corrected chi connectivity index (χ1v) is 11.2. The van der Waals surface area contributed by atoms with Crippen LogP contribution in [0, 0.1) is 0 Å². The summed E-state index contributed by atoms with van der Waals surface area (Å²) >= 11 is 0. The molecule has 5 rings (SSSR count). The predicted molar refractivity (Wildman–Crippen MR) is 111 cm³/mol. The van der Waals surface area contributed by atoms with E-state index in [1.54, 1.807) is 56.4 Å². The molecule has 0 N–H and O–H groups in total. The summed E-state index contributed by atoms with van der Waals surface area (Å²) < 4.78 is 28.7. The lowest BCUT2D eigenvalue weighted by Crippen LogP contribution is -2.65. The third kappa shape index (κ3) is 2.24. The average molecular weight is 421 g/mol. The summed E-state index contributed by atoms with van der Waals surface area (Å²) in [6.07, 6.45) is -0.838. The van der Waals surface area contributed by atoms with E-state index in [1.807, 2.05) is 0 Å². The van der Waals surface area contributed by atoms with Crippen molar-refractivity contribution >= 4 is 35.4 Å². The average Bonchev–Trinajstić information content (AvgIpc) is 3.19. The summed E-state index contributed by atoms with van der Waals surface area (Å²) in [6, 6.07) is 13.6. The maximum atomic E-state index is 13.7. The van der Waals surface area contributed by atoms with E-state index in [-0.39, 0.29) is 23.1 Å². The second-order valence-electron chi connectivity index (χ2n) is 8.14. The second kappa shape index (κ2) is 6.10. The van der Waals surface area contributed by atoms with Gasteiger partial charge < -0.3 is 9.80 Å². The summed E-state index contributed by atoms with van der Waals surface area (Å²) in [7, 11) is 4.40. The summed E-state index contributed by atoms with van der Waals surface area (Å²) in [5, 5.41) is -1.18. The minimum atomic E-state index is -4.03. The van der Waals surface area contributed by atoms with Crippen LogP contribution in [0.2, 0.25) is 0 Å². The minimum absolute atomic E-state index is 0.105. The van der Waals surface area contributed by atoms with Gasteiger partial charge in [0.05, 0.1) is 18.4 Å². The Morgan fingerprint density at radius 1 is 1.00 bits per heavy atom. The van der Waals surface area contributed by atoms with Crippen LogP contribution in [-0.2, 0) is 24.9 Å². The van der Waals surface area contributed by atoms with E-state index in [0.717, 1.165) is 0 Å². The van der Waals surface area contributed by atoms with Gasteiger partial charge in [0.15, 0.2) is 0 Å². The summed E-state index contributed by atoms with van der Waals surface area (Å²) in [5.41, 5.74) is 1.07. The Morgan fingerprint density at radius 3 is 2.33 bits per heavy atom. The van der Waals surface area contributed by atoms with Crippen LogP contribution in [0.25, 0.3) is 0 Å². The number of rotatable bonds is 2. The lowest BCUT2D eigenvalue weighted by molar-refractivity contribution is -0.158.